The first-order chi connectivity index (χ1) is 16.5. The van der Waals surface area contributed by atoms with Crippen LogP contribution < -0.4 is 19.5 Å². The van der Waals surface area contributed by atoms with Gasteiger partial charge in [0, 0.05) is 12.1 Å². The van der Waals surface area contributed by atoms with E-state index in [1.54, 1.807) is 21.3 Å². The molecule has 1 fully saturated rings. The molecule has 1 saturated heterocycles. The summed E-state index contributed by atoms with van der Waals surface area (Å²) in [7, 11) is 4.88. The Morgan fingerprint density at radius 1 is 1.03 bits per heavy atom. The van der Waals surface area contributed by atoms with Gasteiger partial charge < -0.3 is 19.5 Å². The highest BCUT2D eigenvalue weighted by Gasteiger charge is 2.25. The zero-order valence-corrected chi connectivity index (χ0v) is 20.9. The first kappa shape index (κ1) is 24.0. The molecule has 4 rings (SSSR count). The molecule has 7 nitrogen and oxygen atoms in total. The maximum absolute atomic E-state index is 13.2. The summed E-state index contributed by atoms with van der Waals surface area (Å²) in [5, 5.41) is 3.94. The summed E-state index contributed by atoms with van der Waals surface area (Å²) in [5.41, 5.74) is 2.78. The Balaban J connectivity index is 1.50. The minimum absolute atomic E-state index is 0.0977. The quantitative estimate of drug-likeness (QED) is 0.477. The topological polar surface area (TPSA) is 72.9 Å². The summed E-state index contributed by atoms with van der Waals surface area (Å²) >= 11 is 1.39. The standard InChI is InChI=1S/C26H31N3O4S/c1-17-24(34-26(28-17)19-9-12-22(32-3)23(15-19)33-4)25(30)27-16-21(29-13-5-6-14-29)18-7-10-20(31-2)11-8-18/h7-12,15,21H,5-6,13-14,16H2,1-4H3,(H,27,30). The van der Waals surface area contributed by atoms with Crippen molar-refractivity contribution in [3.63, 3.8) is 0 Å². The molecule has 0 radical (unpaired) electrons. The van der Waals surface area contributed by atoms with Gasteiger partial charge in [0.15, 0.2) is 11.5 Å². The number of thiazole rings is 1. The largest absolute Gasteiger partial charge is 0.497 e. The first-order valence-electron chi connectivity index (χ1n) is 11.4. The van der Waals surface area contributed by atoms with Crippen LogP contribution in [0.5, 0.6) is 17.2 Å². The van der Waals surface area contributed by atoms with Gasteiger partial charge in [-0.1, -0.05) is 12.1 Å². The molecule has 8 heteroatoms. The fourth-order valence-electron chi connectivity index (χ4n) is 4.31. The summed E-state index contributed by atoms with van der Waals surface area (Å²) in [5.74, 6) is 2.02. The molecular weight excluding hydrogens is 450 g/mol. The molecule has 2 heterocycles. The van der Waals surface area contributed by atoms with Crippen LogP contribution in [0.2, 0.25) is 0 Å². The van der Waals surface area contributed by atoms with Crippen molar-refractivity contribution < 1.29 is 19.0 Å². The zero-order chi connectivity index (χ0) is 24.1. The van der Waals surface area contributed by atoms with Crippen LogP contribution in [-0.2, 0) is 0 Å². The van der Waals surface area contributed by atoms with Crippen molar-refractivity contribution in [2.24, 2.45) is 0 Å². The van der Waals surface area contributed by atoms with Gasteiger partial charge in [-0.2, -0.15) is 0 Å². The van der Waals surface area contributed by atoms with Gasteiger partial charge in [0.2, 0.25) is 0 Å². The second-order valence-corrected chi connectivity index (χ2v) is 9.24. The highest BCUT2D eigenvalue weighted by Crippen LogP contribution is 2.35. The minimum atomic E-state index is -0.0977. The van der Waals surface area contributed by atoms with Crippen molar-refractivity contribution in [2.75, 3.05) is 41.0 Å². The van der Waals surface area contributed by atoms with Gasteiger partial charge in [-0.25, -0.2) is 4.98 Å². The van der Waals surface area contributed by atoms with Crippen LogP contribution in [0.3, 0.4) is 0 Å². The minimum Gasteiger partial charge on any atom is -0.497 e. The predicted octanol–water partition coefficient (Wildman–Crippen LogP) is 4.71. The van der Waals surface area contributed by atoms with Crippen LogP contribution in [0.4, 0.5) is 0 Å². The molecule has 2 aromatic carbocycles. The Morgan fingerprint density at radius 2 is 1.74 bits per heavy atom. The van der Waals surface area contributed by atoms with E-state index < -0.39 is 0 Å². The van der Waals surface area contributed by atoms with Gasteiger partial charge in [0.1, 0.15) is 15.6 Å². The third-order valence-corrected chi connectivity index (χ3v) is 7.38. The van der Waals surface area contributed by atoms with Crippen LogP contribution in [0.1, 0.15) is 39.8 Å². The summed E-state index contributed by atoms with van der Waals surface area (Å²) < 4.78 is 16.0. The normalized spacial score (nSPS) is 14.6. The number of likely N-dealkylation sites (tertiary alicyclic amines) is 1. The first-order valence-corrected chi connectivity index (χ1v) is 12.2. The van der Waals surface area contributed by atoms with E-state index in [0.29, 0.717) is 22.9 Å². The van der Waals surface area contributed by atoms with E-state index >= 15 is 0 Å². The Labute approximate surface area is 204 Å². The number of aromatic nitrogens is 1. The van der Waals surface area contributed by atoms with E-state index in [1.807, 2.05) is 37.3 Å². The summed E-state index contributed by atoms with van der Waals surface area (Å²) in [6.07, 6.45) is 2.37. The van der Waals surface area contributed by atoms with E-state index in [9.17, 15) is 4.79 Å². The van der Waals surface area contributed by atoms with Gasteiger partial charge in [-0.3, -0.25) is 9.69 Å². The van der Waals surface area contributed by atoms with Gasteiger partial charge in [-0.15, -0.1) is 11.3 Å². The van der Waals surface area contributed by atoms with E-state index in [0.717, 1.165) is 35.1 Å². The van der Waals surface area contributed by atoms with Gasteiger partial charge in [0.25, 0.3) is 5.91 Å². The summed E-state index contributed by atoms with van der Waals surface area (Å²) in [6.45, 7) is 4.48. The maximum Gasteiger partial charge on any atom is 0.263 e. The number of hydrogen-bond donors (Lipinski definition) is 1. The number of rotatable bonds is 9. The maximum atomic E-state index is 13.2. The number of nitrogens with one attached hydrogen (secondary N) is 1. The lowest BCUT2D eigenvalue weighted by molar-refractivity contribution is 0.0941. The molecule has 1 N–H and O–H groups in total. The zero-order valence-electron chi connectivity index (χ0n) is 20.1. The summed E-state index contributed by atoms with van der Waals surface area (Å²) in [6, 6.07) is 13.9. The fraction of sp³-hybridized carbons (Fsp3) is 0.385. The van der Waals surface area contributed by atoms with Crippen LogP contribution >= 0.6 is 11.3 Å². The third kappa shape index (κ3) is 5.18. The molecule has 1 aromatic heterocycles. The lowest BCUT2D eigenvalue weighted by Crippen LogP contribution is -2.36. The molecule has 3 aromatic rings. The third-order valence-electron chi connectivity index (χ3n) is 6.17. The Morgan fingerprint density at radius 3 is 2.38 bits per heavy atom. The van der Waals surface area contributed by atoms with Crippen LogP contribution in [-0.4, -0.2) is 56.8 Å². The van der Waals surface area contributed by atoms with E-state index in [-0.39, 0.29) is 11.9 Å². The number of aryl methyl sites for hydroxylation is 1. The van der Waals surface area contributed by atoms with Crippen molar-refractivity contribution in [1.29, 1.82) is 0 Å². The molecule has 1 atom stereocenters. The Kier molecular flexibility index (Phi) is 7.70. The predicted molar refractivity (Wildman–Crippen MR) is 134 cm³/mol. The van der Waals surface area contributed by atoms with E-state index in [2.05, 4.69) is 27.3 Å². The molecule has 0 aliphatic carbocycles. The van der Waals surface area contributed by atoms with E-state index in [4.69, 9.17) is 14.2 Å². The van der Waals surface area contributed by atoms with Crippen molar-refractivity contribution in [3.8, 4) is 27.8 Å². The lowest BCUT2D eigenvalue weighted by atomic mass is 10.1. The number of carbonyl (C=O) groups excluding carboxylic acids is 1. The van der Waals surface area contributed by atoms with Crippen LogP contribution in [0, 0.1) is 6.92 Å². The molecule has 34 heavy (non-hydrogen) atoms. The molecular formula is C26H31N3O4S. The van der Waals surface area contributed by atoms with Crippen molar-refractivity contribution in [3.05, 3.63) is 58.6 Å². The number of carbonyl (C=O) groups is 1. The second-order valence-electron chi connectivity index (χ2n) is 8.25. The van der Waals surface area contributed by atoms with Crippen LogP contribution in [0.15, 0.2) is 42.5 Å². The molecule has 1 unspecified atom stereocenters. The van der Waals surface area contributed by atoms with Gasteiger partial charge >= 0.3 is 0 Å². The monoisotopic (exact) mass is 481 g/mol. The second kappa shape index (κ2) is 10.9. The fourth-order valence-corrected chi connectivity index (χ4v) is 5.29. The highest BCUT2D eigenvalue weighted by atomic mass is 32.1. The average Bonchev–Trinajstić information content (AvgIpc) is 3.54. The number of ether oxygens (including phenoxy) is 3. The molecule has 1 amide bonds. The van der Waals surface area contributed by atoms with Crippen molar-refractivity contribution in [2.45, 2.75) is 25.8 Å². The van der Waals surface area contributed by atoms with Crippen LogP contribution in [0.25, 0.3) is 10.6 Å². The van der Waals surface area contributed by atoms with Gasteiger partial charge in [-0.05, 0) is 68.8 Å². The summed E-state index contributed by atoms with van der Waals surface area (Å²) in [4.78, 5) is 20.9. The molecule has 1 aliphatic rings. The number of benzene rings is 2. The lowest BCUT2D eigenvalue weighted by Gasteiger charge is -2.28. The molecule has 0 spiro atoms. The molecule has 0 saturated carbocycles. The number of amides is 1. The number of methoxy groups -OCH3 is 3. The SMILES string of the molecule is COc1ccc(C(CNC(=O)c2sc(-c3ccc(OC)c(OC)c3)nc2C)N2CCCC2)cc1. The Hall–Kier alpha value is -3.10. The van der Waals surface area contributed by atoms with E-state index in [1.165, 1.54) is 29.7 Å². The molecule has 0 bridgehead atoms. The van der Waals surface area contributed by atoms with Gasteiger partial charge in [0.05, 0.1) is 33.1 Å². The number of hydrogen-bond acceptors (Lipinski definition) is 7. The number of nitrogens with zero attached hydrogens (tertiary/aromatic N) is 2. The Bertz CT molecular complexity index is 1120. The smallest absolute Gasteiger partial charge is 0.263 e. The van der Waals surface area contributed by atoms with Crippen molar-refractivity contribution >= 4 is 17.2 Å². The average molecular weight is 482 g/mol. The highest BCUT2D eigenvalue weighted by molar-refractivity contribution is 7.17. The molecule has 1 aliphatic heterocycles. The van der Waals surface area contributed by atoms with Crippen molar-refractivity contribution in [1.82, 2.24) is 15.2 Å². The molecule has 180 valence electrons.